The van der Waals surface area contributed by atoms with Crippen molar-refractivity contribution in [2.45, 2.75) is 26.0 Å². The number of benzene rings is 2. The molecule has 0 spiro atoms. The summed E-state index contributed by atoms with van der Waals surface area (Å²) in [4.78, 5) is 23.6. The molecule has 0 saturated heterocycles. The molecule has 0 bridgehead atoms. The number of nitrogens with one attached hydrogen (secondary N) is 1. The average molecular weight is 372 g/mol. The van der Waals surface area contributed by atoms with Gasteiger partial charge < -0.3 is 10.1 Å². The Balaban J connectivity index is 1.57. The number of hydrogen-bond donors (Lipinski definition) is 1. The highest BCUT2D eigenvalue weighted by Gasteiger charge is 2.09. The fraction of sp³-hybridized carbons (Fsp3) is 0.333. The maximum absolute atomic E-state index is 11.8. The molecule has 2 aromatic rings. The third-order valence-corrected chi connectivity index (χ3v) is 4.99. The topological polar surface area (TPSA) is 55.4 Å². The van der Waals surface area contributed by atoms with E-state index in [1.165, 1.54) is 11.1 Å². The van der Waals surface area contributed by atoms with Gasteiger partial charge in [0.2, 0.25) is 0 Å². The Morgan fingerprint density at radius 2 is 1.77 bits per heavy atom. The summed E-state index contributed by atoms with van der Waals surface area (Å²) in [5.41, 5.74) is 4.49. The molecule has 1 N–H and O–H groups in total. The molecule has 26 heavy (non-hydrogen) atoms. The van der Waals surface area contributed by atoms with Gasteiger partial charge in [0, 0.05) is 18.1 Å². The molecular weight excluding hydrogens is 346 g/mol. The van der Waals surface area contributed by atoms with Crippen LogP contribution in [0, 0.1) is 13.8 Å². The SMILES string of the molecule is Cc1ccc(CC(=O)OCC(=O)NCCSCc2ccccc2)cc1C. The lowest BCUT2D eigenvalue weighted by molar-refractivity contribution is -0.147. The van der Waals surface area contributed by atoms with Crippen LogP contribution >= 0.6 is 11.8 Å². The van der Waals surface area contributed by atoms with Gasteiger partial charge in [-0.05, 0) is 36.1 Å². The maximum atomic E-state index is 11.8. The lowest BCUT2D eigenvalue weighted by Gasteiger charge is -2.08. The number of hydrogen-bond acceptors (Lipinski definition) is 4. The Bertz CT molecular complexity index is 731. The first-order chi connectivity index (χ1) is 12.5. The molecule has 5 heteroatoms. The van der Waals surface area contributed by atoms with Gasteiger partial charge in [0.1, 0.15) is 0 Å². The van der Waals surface area contributed by atoms with Gasteiger partial charge in [-0.2, -0.15) is 11.8 Å². The van der Waals surface area contributed by atoms with Gasteiger partial charge in [0.05, 0.1) is 6.42 Å². The Kier molecular flexibility index (Phi) is 8.22. The summed E-state index contributed by atoms with van der Waals surface area (Å²) in [5, 5.41) is 2.77. The first kappa shape index (κ1) is 20.0. The minimum absolute atomic E-state index is 0.182. The number of rotatable bonds is 9. The van der Waals surface area contributed by atoms with Crippen LogP contribution in [0.3, 0.4) is 0 Å². The predicted molar refractivity (Wildman–Crippen MR) is 106 cm³/mol. The third-order valence-electron chi connectivity index (χ3n) is 3.96. The summed E-state index contributed by atoms with van der Waals surface area (Å²) in [7, 11) is 0. The highest BCUT2D eigenvalue weighted by atomic mass is 32.2. The highest BCUT2D eigenvalue weighted by molar-refractivity contribution is 7.98. The molecule has 0 fully saturated rings. The van der Waals surface area contributed by atoms with Crippen molar-refractivity contribution in [1.29, 1.82) is 0 Å². The second kappa shape index (κ2) is 10.7. The van der Waals surface area contributed by atoms with E-state index >= 15 is 0 Å². The van der Waals surface area contributed by atoms with Gasteiger partial charge in [-0.25, -0.2) is 0 Å². The van der Waals surface area contributed by atoms with E-state index in [4.69, 9.17) is 4.74 Å². The van der Waals surface area contributed by atoms with Crippen LogP contribution in [-0.2, 0) is 26.5 Å². The van der Waals surface area contributed by atoms with Gasteiger partial charge in [0.15, 0.2) is 6.61 Å². The summed E-state index contributed by atoms with van der Waals surface area (Å²) < 4.78 is 5.05. The number of carbonyl (C=O) groups excluding carboxylic acids is 2. The van der Waals surface area contributed by atoms with Crippen molar-refractivity contribution in [1.82, 2.24) is 5.32 Å². The van der Waals surface area contributed by atoms with Crippen molar-refractivity contribution in [2.75, 3.05) is 18.9 Å². The summed E-state index contributed by atoms with van der Waals surface area (Å²) >= 11 is 1.75. The van der Waals surface area contributed by atoms with Crippen molar-refractivity contribution in [2.24, 2.45) is 0 Å². The smallest absolute Gasteiger partial charge is 0.310 e. The number of aryl methyl sites for hydroxylation is 2. The van der Waals surface area contributed by atoms with Crippen molar-refractivity contribution in [3.63, 3.8) is 0 Å². The zero-order valence-electron chi connectivity index (χ0n) is 15.3. The predicted octanol–water partition coefficient (Wildman–Crippen LogP) is 3.44. The summed E-state index contributed by atoms with van der Waals surface area (Å²) in [6, 6.07) is 16.1. The van der Waals surface area contributed by atoms with Crippen molar-refractivity contribution in [3.8, 4) is 0 Å². The van der Waals surface area contributed by atoms with Crippen LogP contribution in [0.4, 0.5) is 0 Å². The van der Waals surface area contributed by atoms with E-state index in [0.29, 0.717) is 6.54 Å². The zero-order chi connectivity index (χ0) is 18.8. The molecule has 0 saturated carbocycles. The Labute approximate surface area is 159 Å². The summed E-state index contributed by atoms with van der Waals surface area (Å²) in [5.74, 6) is 1.08. The van der Waals surface area contributed by atoms with Crippen LogP contribution in [0.1, 0.15) is 22.3 Å². The van der Waals surface area contributed by atoms with Crippen LogP contribution in [0.2, 0.25) is 0 Å². The fourth-order valence-corrected chi connectivity index (χ4v) is 3.17. The first-order valence-electron chi connectivity index (χ1n) is 8.64. The maximum Gasteiger partial charge on any atom is 0.310 e. The lowest BCUT2D eigenvalue weighted by Crippen LogP contribution is -2.30. The second-order valence-electron chi connectivity index (χ2n) is 6.14. The largest absolute Gasteiger partial charge is 0.455 e. The molecule has 0 unspecified atom stereocenters. The Morgan fingerprint density at radius 3 is 2.50 bits per heavy atom. The molecule has 4 nitrogen and oxygen atoms in total. The summed E-state index contributed by atoms with van der Waals surface area (Å²) in [6.07, 6.45) is 0.182. The van der Waals surface area contributed by atoms with Crippen molar-refractivity contribution >= 4 is 23.6 Å². The lowest BCUT2D eigenvalue weighted by atomic mass is 10.0. The molecule has 0 atom stereocenters. The third kappa shape index (κ3) is 7.31. The molecule has 0 heterocycles. The molecule has 0 aliphatic heterocycles. The van der Waals surface area contributed by atoms with E-state index in [1.54, 1.807) is 11.8 Å². The average Bonchev–Trinajstić information content (AvgIpc) is 2.64. The van der Waals surface area contributed by atoms with Gasteiger partial charge in [-0.15, -0.1) is 0 Å². The number of amides is 1. The van der Waals surface area contributed by atoms with Gasteiger partial charge in [-0.1, -0.05) is 48.5 Å². The Morgan fingerprint density at radius 1 is 1.00 bits per heavy atom. The normalized spacial score (nSPS) is 10.4. The van der Waals surface area contributed by atoms with E-state index in [1.807, 2.05) is 50.2 Å². The molecule has 0 aliphatic carbocycles. The van der Waals surface area contributed by atoms with Crippen LogP contribution in [-0.4, -0.2) is 30.8 Å². The molecule has 0 aromatic heterocycles. The molecule has 1 amide bonds. The van der Waals surface area contributed by atoms with Gasteiger partial charge in [0.25, 0.3) is 5.91 Å². The van der Waals surface area contributed by atoms with Crippen LogP contribution < -0.4 is 5.32 Å². The van der Waals surface area contributed by atoms with E-state index in [0.717, 1.165) is 22.6 Å². The Hall–Kier alpha value is -2.27. The first-order valence-corrected chi connectivity index (χ1v) is 9.80. The summed E-state index contributed by atoms with van der Waals surface area (Å²) in [6.45, 7) is 4.37. The highest BCUT2D eigenvalue weighted by Crippen LogP contribution is 2.11. The van der Waals surface area contributed by atoms with E-state index in [-0.39, 0.29) is 24.9 Å². The van der Waals surface area contributed by atoms with Crippen molar-refractivity contribution < 1.29 is 14.3 Å². The van der Waals surface area contributed by atoms with E-state index < -0.39 is 0 Å². The molecule has 0 radical (unpaired) electrons. The number of ether oxygens (including phenoxy) is 1. The molecule has 138 valence electrons. The number of esters is 1. The van der Waals surface area contributed by atoms with Crippen molar-refractivity contribution in [3.05, 3.63) is 70.8 Å². The molecule has 2 aromatic carbocycles. The second-order valence-corrected chi connectivity index (χ2v) is 7.25. The molecular formula is C21H25NO3S. The monoisotopic (exact) mass is 371 g/mol. The van der Waals surface area contributed by atoms with Crippen LogP contribution in [0.15, 0.2) is 48.5 Å². The minimum Gasteiger partial charge on any atom is -0.455 e. The quantitative estimate of drug-likeness (QED) is 0.542. The molecule has 2 rings (SSSR count). The standard InChI is InChI=1S/C21H25NO3S/c1-16-8-9-19(12-17(16)2)13-21(24)25-14-20(23)22-10-11-26-15-18-6-4-3-5-7-18/h3-9,12H,10-11,13-15H2,1-2H3,(H,22,23). The molecule has 0 aliphatic rings. The number of thioether (sulfide) groups is 1. The van der Waals surface area contributed by atoms with Gasteiger partial charge >= 0.3 is 5.97 Å². The zero-order valence-corrected chi connectivity index (χ0v) is 16.1. The van der Waals surface area contributed by atoms with Crippen LogP contribution in [0.25, 0.3) is 0 Å². The number of carbonyl (C=O) groups is 2. The van der Waals surface area contributed by atoms with Gasteiger partial charge in [-0.3, -0.25) is 9.59 Å². The van der Waals surface area contributed by atoms with E-state index in [9.17, 15) is 9.59 Å². The van der Waals surface area contributed by atoms with E-state index in [2.05, 4.69) is 17.4 Å². The fourth-order valence-electron chi connectivity index (χ4n) is 2.36. The van der Waals surface area contributed by atoms with Crippen LogP contribution in [0.5, 0.6) is 0 Å². The minimum atomic E-state index is -0.387.